The molecule has 0 N–H and O–H groups in total. The zero-order chi connectivity index (χ0) is 14.6. The van der Waals surface area contributed by atoms with Crippen LogP contribution in [-0.2, 0) is 6.42 Å². The lowest BCUT2D eigenvalue weighted by atomic mass is 10.0. The van der Waals surface area contributed by atoms with Crippen LogP contribution in [0, 0.1) is 5.92 Å². The van der Waals surface area contributed by atoms with E-state index in [9.17, 15) is 0 Å². The quantitative estimate of drug-likeness (QED) is 0.572. The van der Waals surface area contributed by atoms with Crippen molar-refractivity contribution in [1.29, 1.82) is 0 Å². The minimum absolute atomic E-state index is 0.667. The van der Waals surface area contributed by atoms with Gasteiger partial charge in [-0.15, -0.1) is 0 Å². The molecule has 0 saturated heterocycles. The molecule has 19 heavy (non-hydrogen) atoms. The van der Waals surface area contributed by atoms with Gasteiger partial charge in [0.2, 0.25) is 0 Å². The lowest BCUT2D eigenvalue weighted by molar-refractivity contribution is 0.648. The first-order chi connectivity index (χ1) is 8.75. The SMILES string of the molecule is C=C(/C=C\C)c1cc(CC(C)C)c([Si](C)(C)C)cn1. The molecule has 0 radical (unpaired) electrons. The first-order valence-electron chi connectivity index (χ1n) is 7.07. The molecule has 1 nitrogen and oxygen atoms in total. The maximum atomic E-state index is 4.62. The van der Waals surface area contributed by atoms with Crippen molar-refractivity contribution in [1.82, 2.24) is 4.98 Å². The molecule has 104 valence electrons. The Kier molecular flexibility index (Phi) is 5.30. The second-order valence-electron chi connectivity index (χ2n) is 6.60. The first-order valence-corrected chi connectivity index (χ1v) is 10.6. The molecule has 0 atom stereocenters. The molecule has 0 unspecified atom stereocenters. The van der Waals surface area contributed by atoms with Crippen molar-refractivity contribution in [3.8, 4) is 0 Å². The fourth-order valence-electron chi connectivity index (χ4n) is 2.24. The molecular weight excluding hydrogens is 246 g/mol. The van der Waals surface area contributed by atoms with E-state index >= 15 is 0 Å². The van der Waals surface area contributed by atoms with Crippen molar-refractivity contribution in [2.75, 3.05) is 0 Å². The predicted molar refractivity (Wildman–Crippen MR) is 89.6 cm³/mol. The summed E-state index contributed by atoms with van der Waals surface area (Å²) in [4.78, 5) is 4.62. The van der Waals surface area contributed by atoms with Crippen LogP contribution in [-0.4, -0.2) is 13.1 Å². The lowest BCUT2D eigenvalue weighted by Crippen LogP contribution is -2.41. The van der Waals surface area contributed by atoms with Gasteiger partial charge in [0.15, 0.2) is 0 Å². The summed E-state index contributed by atoms with van der Waals surface area (Å²) in [5.41, 5.74) is 3.47. The van der Waals surface area contributed by atoms with E-state index in [1.165, 1.54) is 10.8 Å². The van der Waals surface area contributed by atoms with E-state index in [0.717, 1.165) is 17.7 Å². The third kappa shape index (κ3) is 4.46. The molecule has 0 spiro atoms. The highest BCUT2D eigenvalue weighted by Gasteiger charge is 2.21. The molecule has 0 amide bonds. The van der Waals surface area contributed by atoms with Crippen LogP contribution in [0.25, 0.3) is 5.57 Å². The summed E-state index contributed by atoms with van der Waals surface area (Å²) in [5.74, 6) is 0.667. The molecule has 1 aromatic heterocycles. The number of hydrogen-bond acceptors (Lipinski definition) is 1. The summed E-state index contributed by atoms with van der Waals surface area (Å²) in [6, 6.07) is 2.25. The Hall–Kier alpha value is -1.15. The van der Waals surface area contributed by atoms with Crippen molar-refractivity contribution >= 4 is 18.8 Å². The molecular formula is C17H27NSi. The molecule has 0 aliphatic carbocycles. The highest BCUT2D eigenvalue weighted by molar-refractivity contribution is 6.89. The van der Waals surface area contributed by atoms with Gasteiger partial charge in [0.25, 0.3) is 0 Å². The Balaban J connectivity index is 3.26. The summed E-state index contributed by atoms with van der Waals surface area (Å²) >= 11 is 0. The number of allylic oxidation sites excluding steroid dienone is 3. The van der Waals surface area contributed by atoms with Crippen molar-refractivity contribution < 1.29 is 0 Å². The summed E-state index contributed by atoms with van der Waals surface area (Å²) in [6.45, 7) is 17.8. The van der Waals surface area contributed by atoms with Gasteiger partial charge in [-0.3, -0.25) is 4.98 Å². The van der Waals surface area contributed by atoms with Gasteiger partial charge in [-0.2, -0.15) is 0 Å². The number of nitrogens with zero attached hydrogens (tertiary/aromatic N) is 1. The van der Waals surface area contributed by atoms with Crippen LogP contribution in [0.2, 0.25) is 19.6 Å². The zero-order valence-corrected chi connectivity index (χ0v) is 14.2. The first kappa shape index (κ1) is 15.9. The molecule has 1 aromatic rings. The van der Waals surface area contributed by atoms with E-state index < -0.39 is 8.07 Å². The van der Waals surface area contributed by atoms with Gasteiger partial charge in [-0.1, -0.05) is 52.2 Å². The maximum Gasteiger partial charge on any atom is 0.0799 e. The van der Waals surface area contributed by atoms with E-state index in [0.29, 0.717) is 5.92 Å². The van der Waals surface area contributed by atoms with Gasteiger partial charge >= 0.3 is 0 Å². The molecule has 0 bridgehead atoms. The number of aromatic nitrogens is 1. The Morgan fingerprint density at radius 1 is 1.37 bits per heavy atom. The Labute approximate surface area is 119 Å². The summed E-state index contributed by atoms with van der Waals surface area (Å²) < 4.78 is 0. The molecule has 1 heterocycles. The van der Waals surface area contributed by atoms with Crippen LogP contribution in [0.5, 0.6) is 0 Å². The van der Waals surface area contributed by atoms with Crippen LogP contribution in [0.15, 0.2) is 31.0 Å². The molecule has 0 aromatic carbocycles. The number of hydrogen-bond donors (Lipinski definition) is 0. The normalized spacial score (nSPS) is 12.4. The van der Waals surface area contributed by atoms with Gasteiger partial charge in [-0.05, 0) is 41.7 Å². The third-order valence-electron chi connectivity index (χ3n) is 3.12. The van der Waals surface area contributed by atoms with E-state index in [2.05, 4.69) is 57.3 Å². The number of rotatable bonds is 5. The van der Waals surface area contributed by atoms with Gasteiger partial charge in [-0.25, -0.2) is 0 Å². The highest BCUT2D eigenvalue weighted by Crippen LogP contribution is 2.17. The van der Waals surface area contributed by atoms with Gasteiger partial charge in [0.1, 0.15) is 0 Å². The average Bonchev–Trinajstić information content (AvgIpc) is 2.26. The van der Waals surface area contributed by atoms with Crippen LogP contribution < -0.4 is 5.19 Å². The predicted octanol–water partition coefficient (Wildman–Crippen LogP) is 4.41. The topological polar surface area (TPSA) is 12.9 Å². The maximum absolute atomic E-state index is 4.62. The van der Waals surface area contributed by atoms with Crippen molar-refractivity contribution in [3.63, 3.8) is 0 Å². The molecule has 2 heteroatoms. The minimum Gasteiger partial charge on any atom is -0.256 e. The van der Waals surface area contributed by atoms with Crippen LogP contribution in [0.4, 0.5) is 0 Å². The van der Waals surface area contributed by atoms with Crippen molar-refractivity contribution in [3.05, 3.63) is 42.3 Å². The van der Waals surface area contributed by atoms with Gasteiger partial charge in [0, 0.05) is 6.20 Å². The second-order valence-corrected chi connectivity index (χ2v) is 11.6. The second kappa shape index (κ2) is 6.33. The summed E-state index contributed by atoms with van der Waals surface area (Å²) in [7, 11) is -1.33. The molecule has 0 aliphatic rings. The van der Waals surface area contributed by atoms with E-state index in [1.54, 1.807) is 0 Å². The Morgan fingerprint density at radius 3 is 2.47 bits per heavy atom. The fourth-order valence-corrected chi connectivity index (χ4v) is 3.83. The highest BCUT2D eigenvalue weighted by atomic mass is 28.3. The zero-order valence-electron chi connectivity index (χ0n) is 13.2. The third-order valence-corrected chi connectivity index (χ3v) is 5.19. The smallest absolute Gasteiger partial charge is 0.0799 e. The van der Waals surface area contributed by atoms with Gasteiger partial charge < -0.3 is 0 Å². The Morgan fingerprint density at radius 2 is 2.00 bits per heavy atom. The average molecular weight is 273 g/mol. The molecule has 0 fully saturated rings. The van der Waals surface area contributed by atoms with E-state index in [4.69, 9.17) is 0 Å². The lowest BCUT2D eigenvalue weighted by Gasteiger charge is -2.22. The van der Waals surface area contributed by atoms with E-state index in [1.807, 2.05) is 19.1 Å². The fraction of sp³-hybridized carbons (Fsp3) is 0.471. The molecule has 1 rings (SSSR count). The molecule has 0 aliphatic heterocycles. The summed E-state index contributed by atoms with van der Waals surface area (Å²) in [5, 5.41) is 1.48. The van der Waals surface area contributed by atoms with E-state index in [-0.39, 0.29) is 0 Å². The molecule has 0 saturated carbocycles. The largest absolute Gasteiger partial charge is 0.256 e. The van der Waals surface area contributed by atoms with Crippen LogP contribution in [0.3, 0.4) is 0 Å². The monoisotopic (exact) mass is 273 g/mol. The van der Waals surface area contributed by atoms with Gasteiger partial charge in [0.05, 0.1) is 13.8 Å². The van der Waals surface area contributed by atoms with Crippen molar-refractivity contribution in [2.45, 2.75) is 46.8 Å². The van der Waals surface area contributed by atoms with Crippen LogP contribution in [0.1, 0.15) is 32.0 Å². The minimum atomic E-state index is -1.33. The Bertz CT molecular complexity index is 479. The standard InChI is InChI=1S/C17H27NSi/c1-8-9-14(4)16-11-15(10-13(2)3)17(12-18-16)19(5,6)7/h8-9,11-13H,4,10H2,1-3,5-7H3/b9-8-. The van der Waals surface area contributed by atoms with Crippen LogP contribution >= 0.6 is 0 Å². The number of pyridine rings is 1. The summed E-state index contributed by atoms with van der Waals surface area (Å²) in [6.07, 6.45) is 7.25. The van der Waals surface area contributed by atoms with Crippen molar-refractivity contribution in [2.24, 2.45) is 5.92 Å².